The van der Waals surface area contributed by atoms with E-state index in [0.29, 0.717) is 12.1 Å². The second-order valence-electron chi connectivity index (χ2n) is 5.28. The normalized spacial score (nSPS) is 10.2. The number of nitrogens with zero attached hydrogens (tertiary/aromatic N) is 1. The number of benzene rings is 2. The fourth-order valence-corrected chi connectivity index (χ4v) is 3.02. The Labute approximate surface area is 154 Å². The molecule has 126 valence electrons. The van der Waals surface area contributed by atoms with E-state index in [1.807, 2.05) is 30.3 Å². The maximum atomic E-state index is 12.8. The van der Waals surface area contributed by atoms with Crippen LogP contribution >= 0.6 is 22.6 Å². The van der Waals surface area contributed by atoms with Crippen LogP contribution < -0.4 is 10.5 Å². The molecule has 0 aliphatic carbocycles. The molecule has 2 rings (SSSR count). The topological polar surface area (TPSA) is 72.6 Å². The first-order chi connectivity index (χ1) is 11.5. The summed E-state index contributed by atoms with van der Waals surface area (Å²) in [5, 5.41) is 0. The molecule has 0 spiro atoms. The van der Waals surface area contributed by atoms with E-state index in [0.717, 1.165) is 14.9 Å². The van der Waals surface area contributed by atoms with Crippen molar-refractivity contribution in [3.63, 3.8) is 0 Å². The van der Waals surface area contributed by atoms with Crippen molar-refractivity contribution in [3.8, 4) is 5.75 Å². The van der Waals surface area contributed by atoms with Gasteiger partial charge < -0.3 is 15.4 Å². The fourth-order valence-electron chi connectivity index (χ4n) is 2.28. The molecule has 2 N–H and O–H groups in total. The van der Waals surface area contributed by atoms with Gasteiger partial charge in [-0.25, -0.2) is 0 Å². The van der Waals surface area contributed by atoms with Gasteiger partial charge in [-0.15, -0.1) is 0 Å². The van der Waals surface area contributed by atoms with Crippen LogP contribution in [-0.2, 0) is 11.3 Å². The SMILES string of the molecule is COc1ccc(C(=O)N(CCC(N)=O)Cc2ccccc2)cc1I. The maximum Gasteiger partial charge on any atom is 0.254 e. The van der Waals surface area contributed by atoms with E-state index in [2.05, 4.69) is 22.6 Å². The zero-order valence-corrected chi connectivity index (χ0v) is 15.5. The van der Waals surface area contributed by atoms with Crippen LogP contribution in [-0.4, -0.2) is 30.4 Å². The number of hydrogen-bond donors (Lipinski definition) is 1. The molecule has 0 unspecified atom stereocenters. The summed E-state index contributed by atoms with van der Waals surface area (Å²) >= 11 is 2.13. The molecule has 0 heterocycles. The molecule has 0 saturated heterocycles. The molecular formula is C18H19IN2O3. The van der Waals surface area contributed by atoms with E-state index in [9.17, 15) is 9.59 Å². The Bertz CT molecular complexity index is 719. The summed E-state index contributed by atoms with van der Waals surface area (Å²) in [6.45, 7) is 0.710. The van der Waals surface area contributed by atoms with Crippen molar-refractivity contribution < 1.29 is 14.3 Å². The number of halogens is 1. The number of nitrogens with two attached hydrogens (primary N) is 1. The summed E-state index contributed by atoms with van der Waals surface area (Å²) in [4.78, 5) is 25.6. The van der Waals surface area contributed by atoms with Crippen molar-refractivity contribution >= 4 is 34.4 Å². The van der Waals surface area contributed by atoms with Gasteiger partial charge in [-0.1, -0.05) is 30.3 Å². The van der Waals surface area contributed by atoms with E-state index in [-0.39, 0.29) is 18.9 Å². The molecule has 0 atom stereocenters. The lowest BCUT2D eigenvalue weighted by Gasteiger charge is -2.23. The summed E-state index contributed by atoms with van der Waals surface area (Å²) in [6.07, 6.45) is 0.131. The smallest absolute Gasteiger partial charge is 0.254 e. The molecule has 0 aromatic heterocycles. The lowest BCUT2D eigenvalue weighted by atomic mass is 10.1. The van der Waals surface area contributed by atoms with Crippen molar-refractivity contribution in [1.82, 2.24) is 4.90 Å². The highest BCUT2D eigenvalue weighted by molar-refractivity contribution is 14.1. The Morgan fingerprint density at radius 3 is 2.46 bits per heavy atom. The number of carbonyl (C=O) groups is 2. The summed E-state index contributed by atoms with van der Waals surface area (Å²) in [5.41, 5.74) is 6.80. The van der Waals surface area contributed by atoms with Crippen molar-refractivity contribution in [2.75, 3.05) is 13.7 Å². The average Bonchev–Trinajstić information content (AvgIpc) is 2.58. The Balaban J connectivity index is 2.22. The quantitative estimate of drug-likeness (QED) is 0.676. The standard InChI is InChI=1S/C18H19IN2O3/c1-24-16-8-7-14(11-15(16)19)18(23)21(10-9-17(20)22)12-13-5-3-2-4-6-13/h2-8,11H,9-10,12H2,1H3,(H2,20,22). The Hall–Kier alpha value is -2.09. The van der Waals surface area contributed by atoms with E-state index in [1.165, 1.54) is 0 Å². The first-order valence-corrected chi connectivity index (χ1v) is 8.54. The third-order valence-electron chi connectivity index (χ3n) is 3.53. The predicted octanol–water partition coefficient (Wildman–Crippen LogP) is 2.82. The van der Waals surface area contributed by atoms with Crippen LogP contribution in [0, 0.1) is 3.57 Å². The lowest BCUT2D eigenvalue weighted by molar-refractivity contribution is -0.118. The molecular weight excluding hydrogens is 419 g/mol. The largest absolute Gasteiger partial charge is 0.496 e. The van der Waals surface area contributed by atoms with Gasteiger partial charge in [0.05, 0.1) is 10.7 Å². The molecule has 0 aliphatic rings. The van der Waals surface area contributed by atoms with Crippen molar-refractivity contribution in [3.05, 3.63) is 63.2 Å². The van der Waals surface area contributed by atoms with Crippen LogP contribution in [0.4, 0.5) is 0 Å². The van der Waals surface area contributed by atoms with Crippen molar-refractivity contribution in [2.24, 2.45) is 5.73 Å². The molecule has 2 amide bonds. The highest BCUT2D eigenvalue weighted by Crippen LogP contribution is 2.22. The minimum atomic E-state index is -0.426. The number of primary amides is 1. The van der Waals surface area contributed by atoms with Crippen LogP contribution in [0.25, 0.3) is 0 Å². The van der Waals surface area contributed by atoms with Crippen LogP contribution in [0.15, 0.2) is 48.5 Å². The minimum Gasteiger partial charge on any atom is -0.496 e. The van der Waals surface area contributed by atoms with Gasteiger partial charge in [-0.3, -0.25) is 9.59 Å². The van der Waals surface area contributed by atoms with Crippen LogP contribution in [0.2, 0.25) is 0 Å². The minimum absolute atomic E-state index is 0.131. The molecule has 2 aromatic rings. The lowest BCUT2D eigenvalue weighted by Crippen LogP contribution is -2.33. The average molecular weight is 438 g/mol. The molecule has 24 heavy (non-hydrogen) atoms. The van der Waals surface area contributed by atoms with Gasteiger partial charge in [0.1, 0.15) is 5.75 Å². The highest BCUT2D eigenvalue weighted by atomic mass is 127. The number of methoxy groups -OCH3 is 1. The van der Waals surface area contributed by atoms with E-state index < -0.39 is 5.91 Å². The second kappa shape index (κ2) is 8.68. The zero-order chi connectivity index (χ0) is 17.5. The van der Waals surface area contributed by atoms with Gasteiger partial charge in [0.15, 0.2) is 0 Å². The number of rotatable bonds is 7. The number of ether oxygens (including phenoxy) is 1. The first kappa shape index (κ1) is 18.3. The van der Waals surface area contributed by atoms with E-state index >= 15 is 0 Å². The highest BCUT2D eigenvalue weighted by Gasteiger charge is 2.18. The zero-order valence-electron chi connectivity index (χ0n) is 13.4. The fraction of sp³-hybridized carbons (Fsp3) is 0.222. The molecule has 0 saturated carbocycles. The van der Waals surface area contributed by atoms with Crippen molar-refractivity contribution in [1.29, 1.82) is 0 Å². The van der Waals surface area contributed by atoms with E-state index in [4.69, 9.17) is 10.5 Å². The van der Waals surface area contributed by atoms with Gasteiger partial charge in [-0.2, -0.15) is 0 Å². The molecule has 0 fully saturated rings. The molecule has 6 heteroatoms. The van der Waals surface area contributed by atoms with E-state index in [1.54, 1.807) is 30.2 Å². The van der Waals surface area contributed by atoms with Crippen molar-refractivity contribution in [2.45, 2.75) is 13.0 Å². The van der Waals surface area contributed by atoms with Crippen LogP contribution in [0.3, 0.4) is 0 Å². The summed E-state index contributed by atoms with van der Waals surface area (Å²) in [5.74, 6) is 0.157. The molecule has 0 radical (unpaired) electrons. The summed E-state index contributed by atoms with van der Waals surface area (Å²) in [6, 6.07) is 14.9. The second-order valence-corrected chi connectivity index (χ2v) is 6.44. The Morgan fingerprint density at radius 1 is 1.17 bits per heavy atom. The number of hydrogen-bond acceptors (Lipinski definition) is 3. The molecule has 0 bridgehead atoms. The van der Waals surface area contributed by atoms with Crippen LogP contribution in [0.5, 0.6) is 5.75 Å². The third-order valence-corrected chi connectivity index (χ3v) is 4.37. The summed E-state index contributed by atoms with van der Waals surface area (Å²) in [7, 11) is 1.59. The maximum absolute atomic E-state index is 12.8. The summed E-state index contributed by atoms with van der Waals surface area (Å²) < 4.78 is 6.08. The van der Waals surface area contributed by atoms with Gasteiger partial charge in [-0.05, 0) is 46.4 Å². The Kier molecular flexibility index (Phi) is 6.60. The van der Waals surface area contributed by atoms with Gasteiger partial charge in [0.25, 0.3) is 5.91 Å². The number of carbonyl (C=O) groups excluding carboxylic acids is 2. The molecule has 2 aromatic carbocycles. The molecule has 0 aliphatic heterocycles. The first-order valence-electron chi connectivity index (χ1n) is 7.46. The number of amides is 2. The Morgan fingerprint density at radius 2 is 1.88 bits per heavy atom. The molecule has 5 nitrogen and oxygen atoms in total. The monoisotopic (exact) mass is 438 g/mol. The van der Waals surface area contributed by atoms with Gasteiger partial charge >= 0.3 is 0 Å². The van der Waals surface area contributed by atoms with Gasteiger partial charge in [0, 0.05) is 25.1 Å². The predicted molar refractivity (Wildman–Crippen MR) is 101 cm³/mol. The van der Waals surface area contributed by atoms with Gasteiger partial charge in [0.2, 0.25) is 5.91 Å². The third kappa shape index (κ3) is 4.95. The van der Waals surface area contributed by atoms with Crippen LogP contribution in [0.1, 0.15) is 22.3 Å².